The summed E-state index contributed by atoms with van der Waals surface area (Å²) in [6.07, 6.45) is 1.52. The van der Waals surface area contributed by atoms with E-state index in [2.05, 4.69) is 57.1 Å². The standard InChI is InChI=1S/C16H28N2OS/c1-12-15(8-9-19-12)18(5)11-14-7-6-13(20-14)10-17-16(2,3)4/h6-7,12,15,17H,8-11H2,1-5H3. The number of nitrogens with zero attached hydrogens (tertiary/aromatic N) is 1. The topological polar surface area (TPSA) is 24.5 Å². The minimum Gasteiger partial charge on any atom is -0.377 e. The van der Waals surface area contributed by atoms with Gasteiger partial charge in [-0.1, -0.05) is 0 Å². The van der Waals surface area contributed by atoms with Crippen molar-refractivity contribution in [1.82, 2.24) is 10.2 Å². The molecule has 0 aliphatic carbocycles. The van der Waals surface area contributed by atoms with Crippen LogP contribution in [0.5, 0.6) is 0 Å². The lowest BCUT2D eigenvalue weighted by Gasteiger charge is -2.25. The number of thiophene rings is 1. The fraction of sp³-hybridized carbons (Fsp3) is 0.750. The van der Waals surface area contributed by atoms with E-state index in [0.29, 0.717) is 12.1 Å². The molecule has 0 aromatic carbocycles. The predicted octanol–water partition coefficient (Wildman–Crippen LogP) is 3.25. The van der Waals surface area contributed by atoms with Gasteiger partial charge in [0.1, 0.15) is 0 Å². The quantitative estimate of drug-likeness (QED) is 0.903. The second-order valence-corrected chi connectivity index (χ2v) is 8.07. The maximum atomic E-state index is 5.66. The molecule has 20 heavy (non-hydrogen) atoms. The van der Waals surface area contributed by atoms with Crippen LogP contribution in [-0.2, 0) is 17.8 Å². The highest BCUT2D eigenvalue weighted by Gasteiger charge is 2.27. The Kier molecular flexibility index (Phi) is 5.24. The molecule has 0 amide bonds. The number of likely N-dealkylation sites (N-methyl/N-ethyl adjacent to an activating group) is 1. The molecular weight excluding hydrogens is 268 g/mol. The van der Waals surface area contributed by atoms with Gasteiger partial charge in [0, 0.05) is 41.0 Å². The lowest BCUT2D eigenvalue weighted by atomic mass is 10.1. The molecule has 2 unspecified atom stereocenters. The van der Waals surface area contributed by atoms with E-state index < -0.39 is 0 Å². The SMILES string of the molecule is CC1OCCC1N(C)Cc1ccc(CNC(C)(C)C)s1. The molecule has 114 valence electrons. The van der Waals surface area contributed by atoms with Crippen LogP contribution in [-0.4, -0.2) is 36.2 Å². The summed E-state index contributed by atoms with van der Waals surface area (Å²) in [4.78, 5) is 5.29. The van der Waals surface area contributed by atoms with Gasteiger partial charge in [-0.2, -0.15) is 0 Å². The molecule has 1 aliphatic heterocycles. The Morgan fingerprint density at radius 2 is 2.05 bits per heavy atom. The molecule has 3 nitrogen and oxygen atoms in total. The van der Waals surface area contributed by atoms with E-state index in [1.807, 2.05) is 11.3 Å². The average Bonchev–Trinajstić information content (AvgIpc) is 2.94. The first-order chi connectivity index (χ1) is 9.35. The van der Waals surface area contributed by atoms with Crippen LogP contribution in [0.2, 0.25) is 0 Å². The second-order valence-electron chi connectivity index (χ2n) is 6.82. The molecule has 2 atom stereocenters. The van der Waals surface area contributed by atoms with Crippen molar-refractivity contribution in [2.75, 3.05) is 13.7 Å². The van der Waals surface area contributed by atoms with E-state index in [1.165, 1.54) is 9.75 Å². The van der Waals surface area contributed by atoms with Crippen molar-refractivity contribution >= 4 is 11.3 Å². The molecule has 1 fully saturated rings. The first-order valence-electron chi connectivity index (χ1n) is 7.49. The summed E-state index contributed by atoms with van der Waals surface area (Å²) in [6, 6.07) is 5.08. The monoisotopic (exact) mass is 296 g/mol. The number of hydrogen-bond acceptors (Lipinski definition) is 4. The molecule has 2 rings (SSSR count). The summed E-state index contributed by atoms with van der Waals surface area (Å²) >= 11 is 1.92. The van der Waals surface area contributed by atoms with Crippen LogP contribution in [0, 0.1) is 0 Å². The molecule has 1 aromatic rings. The van der Waals surface area contributed by atoms with Crippen molar-refractivity contribution in [3.63, 3.8) is 0 Å². The van der Waals surface area contributed by atoms with E-state index in [0.717, 1.165) is 26.1 Å². The molecule has 0 saturated carbocycles. The Morgan fingerprint density at radius 1 is 1.35 bits per heavy atom. The van der Waals surface area contributed by atoms with Crippen molar-refractivity contribution in [3.8, 4) is 0 Å². The molecule has 0 spiro atoms. The summed E-state index contributed by atoms with van der Waals surface area (Å²) in [5.41, 5.74) is 0.178. The van der Waals surface area contributed by atoms with E-state index in [9.17, 15) is 0 Å². The van der Waals surface area contributed by atoms with Crippen LogP contribution < -0.4 is 5.32 Å². The molecule has 1 aromatic heterocycles. The van der Waals surface area contributed by atoms with Gasteiger partial charge in [-0.15, -0.1) is 11.3 Å². The zero-order chi connectivity index (χ0) is 14.8. The molecule has 1 N–H and O–H groups in total. The highest BCUT2D eigenvalue weighted by Crippen LogP contribution is 2.23. The minimum atomic E-state index is 0.178. The zero-order valence-corrected chi connectivity index (χ0v) is 14.2. The zero-order valence-electron chi connectivity index (χ0n) is 13.4. The van der Waals surface area contributed by atoms with Crippen LogP contribution in [0.25, 0.3) is 0 Å². The smallest absolute Gasteiger partial charge is 0.0703 e. The minimum absolute atomic E-state index is 0.178. The molecular formula is C16H28N2OS. The summed E-state index contributed by atoms with van der Waals surface area (Å²) < 4.78 is 5.66. The molecule has 0 radical (unpaired) electrons. The van der Waals surface area contributed by atoms with Crippen LogP contribution >= 0.6 is 11.3 Å². The third-order valence-corrected chi connectivity index (χ3v) is 4.89. The van der Waals surface area contributed by atoms with Crippen molar-refractivity contribution in [2.24, 2.45) is 0 Å². The highest BCUT2D eigenvalue weighted by molar-refractivity contribution is 7.11. The van der Waals surface area contributed by atoms with Gasteiger partial charge >= 0.3 is 0 Å². The van der Waals surface area contributed by atoms with E-state index in [-0.39, 0.29) is 5.54 Å². The molecule has 4 heteroatoms. The summed E-state index contributed by atoms with van der Waals surface area (Å²) in [6.45, 7) is 11.7. The Hall–Kier alpha value is -0.420. The Balaban J connectivity index is 1.86. The van der Waals surface area contributed by atoms with Crippen molar-refractivity contribution in [3.05, 3.63) is 21.9 Å². The number of nitrogens with one attached hydrogen (secondary N) is 1. The molecule has 0 bridgehead atoms. The third-order valence-electron chi connectivity index (χ3n) is 3.82. The van der Waals surface area contributed by atoms with E-state index >= 15 is 0 Å². The van der Waals surface area contributed by atoms with Crippen molar-refractivity contribution in [2.45, 2.75) is 64.9 Å². The van der Waals surface area contributed by atoms with Crippen LogP contribution in [0.4, 0.5) is 0 Å². The largest absolute Gasteiger partial charge is 0.377 e. The Bertz CT molecular complexity index is 424. The highest BCUT2D eigenvalue weighted by atomic mass is 32.1. The van der Waals surface area contributed by atoms with Gasteiger partial charge in [-0.3, -0.25) is 4.90 Å². The van der Waals surface area contributed by atoms with Crippen molar-refractivity contribution in [1.29, 1.82) is 0 Å². The second kappa shape index (κ2) is 6.56. The lowest BCUT2D eigenvalue weighted by Crippen LogP contribution is -2.36. The first-order valence-corrected chi connectivity index (χ1v) is 8.31. The maximum absolute atomic E-state index is 5.66. The van der Waals surface area contributed by atoms with Crippen LogP contribution in [0.15, 0.2) is 12.1 Å². The van der Waals surface area contributed by atoms with E-state index in [4.69, 9.17) is 4.74 Å². The number of ether oxygens (including phenoxy) is 1. The fourth-order valence-corrected chi connectivity index (χ4v) is 3.64. The normalized spacial score (nSPS) is 23.7. The number of hydrogen-bond donors (Lipinski definition) is 1. The molecule has 1 saturated heterocycles. The number of rotatable bonds is 5. The molecule has 1 aliphatic rings. The first kappa shape index (κ1) is 16.0. The van der Waals surface area contributed by atoms with Crippen LogP contribution in [0.1, 0.15) is 43.9 Å². The Morgan fingerprint density at radius 3 is 2.65 bits per heavy atom. The van der Waals surface area contributed by atoms with Gasteiger partial charge in [0.25, 0.3) is 0 Å². The van der Waals surface area contributed by atoms with Crippen molar-refractivity contribution < 1.29 is 4.74 Å². The average molecular weight is 296 g/mol. The summed E-state index contributed by atoms with van der Waals surface area (Å²) in [7, 11) is 2.21. The van der Waals surface area contributed by atoms with Gasteiger partial charge in [-0.25, -0.2) is 0 Å². The third kappa shape index (κ3) is 4.55. The Labute approximate surface area is 127 Å². The van der Waals surface area contributed by atoms with Gasteiger partial charge in [0.15, 0.2) is 0 Å². The predicted molar refractivity (Wildman–Crippen MR) is 86.2 cm³/mol. The summed E-state index contributed by atoms with van der Waals surface area (Å²) in [5, 5.41) is 3.54. The van der Waals surface area contributed by atoms with Gasteiger partial charge < -0.3 is 10.1 Å². The maximum Gasteiger partial charge on any atom is 0.0703 e. The van der Waals surface area contributed by atoms with Gasteiger partial charge in [0.05, 0.1) is 6.10 Å². The summed E-state index contributed by atoms with van der Waals surface area (Å²) in [5.74, 6) is 0. The van der Waals surface area contributed by atoms with Crippen LogP contribution in [0.3, 0.4) is 0 Å². The lowest BCUT2D eigenvalue weighted by molar-refractivity contribution is 0.0817. The van der Waals surface area contributed by atoms with E-state index in [1.54, 1.807) is 0 Å². The molecule has 2 heterocycles. The van der Waals surface area contributed by atoms with Gasteiger partial charge in [-0.05, 0) is 53.3 Å². The fourth-order valence-electron chi connectivity index (χ4n) is 2.62. The van der Waals surface area contributed by atoms with Gasteiger partial charge in [0.2, 0.25) is 0 Å².